The number of fused-ring (bicyclic) bond motifs is 1. The topological polar surface area (TPSA) is 63.3 Å². The van der Waals surface area contributed by atoms with Crippen LogP contribution in [-0.2, 0) is 16.1 Å². The lowest BCUT2D eigenvalue weighted by Crippen LogP contribution is -2.41. The molecule has 2 saturated heterocycles. The predicted octanol–water partition coefficient (Wildman–Crippen LogP) is 5.21. The van der Waals surface area contributed by atoms with Gasteiger partial charge in [0.05, 0.1) is 24.9 Å². The fraction of sp³-hybridized carbons (Fsp3) is 0.457. The number of carbonyl (C=O) groups is 1. The summed E-state index contributed by atoms with van der Waals surface area (Å²) in [6, 6.07) is 25.2. The van der Waals surface area contributed by atoms with E-state index < -0.39 is 0 Å². The molecule has 0 aliphatic carbocycles. The molecule has 2 fully saturated rings. The molecule has 3 aliphatic rings. The first kappa shape index (κ1) is 28.7. The Balaban J connectivity index is 1.07. The third kappa shape index (κ3) is 6.64. The maximum atomic E-state index is 13.3. The van der Waals surface area contributed by atoms with Gasteiger partial charge in [0.2, 0.25) is 0 Å². The number of methoxy groups -OCH3 is 1. The number of likely N-dealkylation sites (tertiary alicyclic amines) is 1. The Morgan fingerprint density at radius 3 is 2.69 bits per heavy atom. The van der Waals surface area contributed by atoms with Crippen LogP contribution < -0.4 is 15.0 Å². The van der Waals surface area contributed by atoms with Gasteiger partial charge in [0.25, 0.3) is 5.91 Å². The van der Waals surface area contributed by atoms with E-state index in [1.54, 1.807) is 7.11 Å². The van der Waals surface area contributed by atoms with E-state index in [9.17, 15) is 4.79 Å². The first-order valence-electron chi connectivity index (χ1n) is 15.5. The summed E-state index contributed by atoms with van der Waals surface area (Å²) in [5.41, 5.74) is 5.63. The Bertz CT molecular complexity index is 1320. The third-order valence-corrected chi connectivity index (χ3v) is 8.98. The van der Waals surface area contributed by atoms with Gasteiger partial charge in [-0.15, -0.1) is 0 Å². The van der Waals surface area contributed by atoms with Crippen LogP contribution in [0, 0.1) is 0 Å². The molecule has 0 spiro atoms. The summed E-state index contributed by atoms with van der Waals surface area (Å²) >= 11 is 0. The van der Waals surface area contributed by atoms with Gasteiger partial charge in [-0.3, -0.25) is 4.79 Å². The molecule has 1 amide bonds. The number of benzene rings is 3. The number of amides is 1. The summed E-state index contributed by atoms with van der Waals surface area (Å²) in [5, 5.41) is 3.51. The van der Waals surface area contributed by atoms with E-state index in [1.165, 1.54) is 11.1 Å². The molecule has 3 aliphatic heterocycles. The highest BCUT2D eigenvalue weighted by Gasteiger charge is 2.30. The maximum Gasteiger partial charge on any atom is 0.253 e. The smallest absolute Gasteiger partial charge is 0.253 e. The number of anilines is 1. The molecule has 42 heavy (non-hydrogen) atoms. The summed E-state index contributed by atoms with van der Waals surface area (Å²) in [6.45, 7) is 7.24. The lowest BCUT2D eigenvalue weighted by Gasteiger charge is -2.33. The van der Waals surface area contributed by atoms with Crippen LogP contribution in [0.5, 0.6) is 5.75 Å². The summed E-state index contributed by atoms with van der Waals surface area (Å²) < 4.78 is 17.7. The lowest BCUT2D eigenvalue weighted by molar-refractivity contribution is 0.0106. The van der Waals surface area contributed by atoms with Crippen molar-refractivity contribution in [1.29, 1.82) is 0 Å². The SMILES string of the molecule is COCCCN1CCOc2ccc(CO[C@H]3CNCC[C@@H]3c3ccc(C(=O)N4CCC(c5ccccc5)C4)cc3)cc21. The van der Waals surface area contributed by atoms with E-state index in [0.29, 0.717) is 19.1 Å². The van der Waals surface area contributed by atoms with Crippen LogP contribution in [0.15, 0.2) is 72.8 Å². The molecule has 7 heteroatoms. The average molecular weight is 570 g/mol. The number of hydrogen-bond donors (Lipinski definition) is 1. The molecule has 0 bridgehead atoms. The Morgan fingerprint density at radius 1 is 1.00 bits per heavy atom. The molecule has 7 nitrogen and oxygen atoms in total. The van der Waals surface area contributed by atoms with Crippen molar-refractivity contribution in [2.45, 2.75) is 43.8 Å². The average Bonchev–Trinajstić information content (AvgIpc) is 3.55. The van der Waals surface area contributed by atoms with Crippen LogP contribution in [0.1, 0.15) is 58.1 Å². The minimum Gasteiger partial charge on any atom is -0.490 e. The van der Waals surface area contributed by atoms with Crippen LogP contribution in [0.25, 0.3) is 0 Å². The van der Waals surface area contributed by atoms with Crippen molar-refractivity contribution >= 4 is 11.6 Å². The van der Waals surface area contributed by atoms with Gasteiger partial charge in [0.1, 0.15) is 12.4 Å². The number of nitrogens with zero attached hydrogens (tertiary/aromatic N) is 2. The molecule has 1 unspecified atom stereocenters. The fourth-order valence-electron chi connectivity index (χ4n) is 6.63. The zero-order valence-corrected chi connectivity index (χ0v) is 24.7. The zero-order valence-electron chi connectivity index (χ0n) is 24.7. The first-order valence-corrected chi connectivity index (χ1v) is 15.5. The van der Waals surface area contributed by atoms with Crippen molar-refractivity contribution in [3.63, 3.8) is 0 Å². The second-order valence-electron chi connectivity index (χ2n) is 11.7. The molecular formula is C35H43N3O4. The monoisotopic (exact) mass is 569 g/mol. The van der Waals surface area contributed by atoms with Gasteiger partial charge >= 0.3 is 0 Å². The lowest BCUT2D eigenvalue weighted by atomic mass is 9.87. The van der Waals surface area contributed by atoms with Crippen molar-refractivity contribution in [1.82, 2.24) is 10.2 Å². The van der Waals surface area contributed by atoms with Crippen molar-refractivity contribution in [2.24, 2.45) is 0 Å². The molecule has 3 heterocycles. The summed E-state index contributed by atoms with van der Waals surface area (Å²) in [5.74, 6) is 1.78. The number of hydrogen-bond acceptors (Lipinski definition) is 6. The van der Waals surface area contributed by atoms with Crippen LogP contribution in [0.4, 0.5) is 5.69 Å². The quantitative estimate of drug-likeness (QED) is 0.338. The molecule has 0 saturated carbocycles. The number of ether oxygens (including phenoxy) is 3. The number of carbonyl (C=O) groups excluding carboxylic acids is 1. The van der Waals surface area contributed by atoms with Crippen molar-refractivity contribution in [2.75, 3.05) is 64.5 Å². The van der Waals surface area contributed by atoms with Crippen LogP contribution in [0.2, 0.25) is 0 Å². The number of rotatable bonds is 10. The maximum absolute atomic E-state index is 13.3. The van der Waals surface area contributed by atoms with Gasteiger partial charge in [-0.1, -0.05) is 48.5 Å². The fourth-order valence-corrected chi connectivity index (χ4v) is 6.63. The Hall–Kier alpha value is -3.39. The van der Waals surface area contributed by atoms with Crippen LogP contribution in [0.3, 0.4) is 0 Å². The molecule has 3 aromatic rings. The number of nitrogens with one attached hydrogen (secondary N) is 1. The highest BCUT2D eigenvalue weighted by atomic mass is 16.5. The van der Waals surface area contributed by atoms with Crippen molar-refractivity contribution in [3.05, 3.63) is 95.1 Å². The standard InChI is InChI=1S/C35H43N3O4/c1-40-20-5-17-37-19-21-41-33-13-8-26(22-32(33)37)25-42-34-23-36-16-14-31(34)28-9-11-29(12-10-28)35(39)38-18-15-30(24-38)27-6-3-2-4-7-27/h2-4,6-13,22,30-31,34,36H,5,14-21,23-25H2,1H3/t30?,31-,34+/m1/s1. The van der Waals surface area contributed by atoms with E-state index in [4.69, 9.17) is 14.2 Å². The third-order valence-electron chi connectivity index (χ3n) is 8.98. The molecular weight excluding hydrogens is 526 g/mol. The predicted molar refractivity (Wildman–Crippen MR) is 166 cm³/mol. The van der Waals surface area contributed by atoms with Crippen molar-refractivity contribution in [3.8, 4) is 5.75 Å². The van der Waals surface area contributed by atoms with Crippen LogP contribution >= 0.6 is 0 Å². The van der Waals surface area contributed by atoms with Gasteiger partial charge in [-0.25, -0.2) is 0 Å². The minimum absolute atomic E-state index is 0.0654. The summed E-state index contributed by atoms with van der Waals surface area (Å²) in [7, 11) is 1.75. The molecule has 0 radical (unpaired) electrons. The second-order valence-corrected chi connectivity index (χ2v) is 11.7. The van der Waals surface area contributed by atoms with E-state index in [2.05, 4.69) is 64.8 Å². The van der Waals surface area contributed by atoms with Gasteiger partial charge < -0.3 is 29.3 Å². The van der Waals surface area contributed by atoms with E-state index >= 15 is 0 Å². The van der Waals surface area contributed by atoms with Gasteiger partial charge in [0, 0.05) is 57.3 Å². The molecule has 0 aromatic heterocycles. The summed E-state index contributed by atoms with van der Waals surface area (Å²) in [6.07, 6.45) is 3.08. The Kier molecular flexibility index (Phi) is 9.38. The summed E-state index contributed by atoms with van der Waals surface area (Å²) in [4.78, 5) is 17.7. The second kappa shape index (κ2) is 13.7. The molecule has 3 aromatic carbocycles. The van der Waals surface area contributed by atoms with Gasteiger partial charge in [0.15, 0.2) is 0 Å². The highest BCUT2D eigenvalue weighted by Crippen LogP contribution is 2.34. The Labute approximate surface area is 249 Å². The minimum atomic E-state index is 0.0654. The number of piperidine rings is 1. The van der Waals surface area contributed by atoms with Crippen molar-refractivity contribution < 1.29 is 19.0 Å². The molecule has 6 rings (SSSR count). The first-order chi connectivity index (χ1) is 20.7. The van der Waals surface area contributed by atoms with E-state index in [1.807, 2.05) is 23.1 Å². The van der Waals surface area contributed by atoms with Gasteiger partial charge in [-0.2, -0.15) is 0 Å². The van der Waals surface area contributed by atoms with Crippen LogP contribution in [-0.4, -0.2) is 76.5 Å². The highest BCUT2D eigenvalue weighted by molar-refractivity contribution is 5.94. The molecule has 3 atom stereocenters. The normalized spacial score (nSPS) is 22.1. The molecule has 1 N–H and O–H groups in total. The Morgan fingerprint density at radius 2 is 1.86 bits per heavy atom. The zero-order chi connectivity index (χ0) is 28.7. The van der Waals surface area contributed by atoms with Gasteiger partial charge in [-0.05, 0) is 66.8 Å². The van der Waals surface area contributed by atoms with E-state index in [0.717, 1.165) is 87.7 Å². The van der Waals surface area contributed by atoms with E-state index in [-0.39, 0.29) is 17.9 Å². The largest absolute Gasteiger partial charge is 0.490 e. The molecule has 222 valence electrons.